The quantitative estimate of drug-likeness (QED) is 0.844. The van der Waals surface area contributed by atoms with E-state index in [4.69, 9.17) is 9.47 Å². The molecule has 0 bridgehead atoms. The average Bonchev–Trinajstić information content (AvgIpc) is 2.50. The van der Waals surface area contributed by atoms with Gasteiger partial charge in [-0.3, -0.25) is 0 Å². The Labute approximate surface area is 132 Å². The minimum Gasteiger partial charge on any atom is -0.497 e. The van der Waals surface area contributed by atoms with Crippen molar-refractivity contribution in [1.82, 2.24) is 5.32 Å². The third-order valence-electron chi connectivity index (χ3n) is 3.05. The maximum absolute atomic E-state index is 5.42. The fourth-order valence-electron chi connectivity index (χ4n) is 1.96. The molecule has 0 aliphatic heterocycles. The molecule has 0 aromatic heterocycles. The van der Waals surface area contributed by atoms with Crippen molar-refractivity contribution in [2.45, 2.75) is 20.0 Å². The zero-order chi connectivity index (χ0) is 14.2. The van der Waals surface area contributed by atoms with Crippen LogP contribution in [-0.2, 0) is 13.1 Å². The monoisotopic (exact) mass is 307 g/mol. The predicted molar refractivity (Wildman–Crippen MR) is 88.4 cm³/mol. The normalized spacial score (nSPS) is 9.81. The van der Waals surface area contributed by atoms with Crippen molar-refractivity contribution in [3.05, 3.63) is 59.7 Å². The van der Waals surface area contributed by atoms with Crippen LogP contribution in [0.25, 0.3) is 0 Å². The number of halogens is 1. The molecule has 0 unspecified atom stereocenters. The summed E-state index contributed by atoms with van der Waals surface area (Å²) in [5, 5.41) is 3.43. The van der Waals surface area contributed by atoms with Crippen molar-refractivity contribution in [2.75, 3.05) is 13.7 Å². The van der Waals surface area contributed by atoms with Gasteiger partial charge >= 0.3 is 0 Å². The van der Waals surface area contributed by atoms with Crippen LogP contribution < -0.4 is 14.8 Å². The van der Waals surface area contributed by atoms with Gasteiger partial charge in [-0.2, -0.15) is 0 Å². The first kappa shape index (κ1) is 17.3. The molecule has 0 radical (unpaired) electrons. The van der Waals surface area contributed by atoms with Crippen LogP contribution in [0.15, 0.2) is 48.5 Å². The highest BCUT2D eigenvalue weighted by atomic mass is 35.5. The fraction of sp³-hybridized carbons (Fsp3) is 0.294. The van der Waals surface area contributed by atoms with Gasteiger partial charge in [0.1, 0.15) is 11.5 Å². The van der Waals surface area contributed by atoms with Crippen molar-refractivity contribution >= 4 is 12.4 Å². The van der Waals surface area contributed by atoms with Gasteiger partial charge in [0.25, 0.3) is 0 Å². The maximum atomic E-state index is 5.42. The number of ether oxygens (including phenoxy) is 2. The second kappa shape index (κ2) is 9.27. The molecule has 0 aliphatic carbocycles. The number of nitrogens with one attached hydrogen (secondary N) is 1. The van der Waals surface area contributed by atoms with E-state index in [1.165, 1.54) is 11.1 Å². The second-order valence-corrected chi connectivity index (χ2v) is 4.53. The molecule has 0 atom stereocenters. The summed E-state index contributed by atoms with van der Waals surface area (Å²) in [6.07, 6.45) is 0. The summed E-state index contributed by atoms with van der Waals surface area (Å²) in [7, 11) is 1.68. The lowest BCUT2D eigenvalue weighted by Crippen LogP contribution is -2.12. The van der Waals surface area contributed by atoms with Gasteiger partial charge in [0, 0.05) is 13.1 Å². The largest absolute Gasteiger partial charge is 0.497 e. The molecule has 0 aliphatic rings. The fourth-order valence-corrected chi connectivity index (χ4v) is 1.96. The predicted octanol–water partition coefficient (Wildman–Crippen LogP) is 3.81. The Morgan fingerprint density at radius 1 is 0.810 bits per heavy atom. The highest BCUT2D eigenvalue weighted by molar-refractivity contribution is 5.85. The molecule has 0 heterocycles. The lowest BCUT2D eigenvalue weighted by molar-refractivity contribution is 0.340. The van der Waals surface area contributed by atoms with Crippen LogP contribution in [-0.4, -0.2) is 13.7 Å². The first-order chi connectivity index (χ1) is 9.81. The Morgan fingerprint density at radius 3 is 1.71 bits per heavy atom. The Balaban J connectivity index is 0.00000220. The zero-order valence-corrected chi connectivity index (χ0v) is 13.3. The standard InChI is InChI=1S/C17H21NO2.ClH/c1-3-20-17-10-6-15(7-11-17)13-18-12-14-4-8-16(19-2)9-5-14;/h4-11,18H,3,12-13H2,1-2H3;1H. The van der Waals surface area contributed by atoms with Crippen molar-refractivity contribution in [3.63, 3.8) is 0 Å². The van der Waals surface area contributed by atoms with Gasteiger partial charge in [0.15, 0.2) is 0 Å². The Hall–Kier alpha value is -1.71. The van der Waals surface area contributed by atoms with Crippen LogP contribution in [0.4, 0.5) is 0 Å². The SMILES string of the molecule is CCOc1ccc(CNCc2ccc(OC)cc2)cc1.Cl. The molecule has 1 N–H and O–H groups in total. The lowest BCUT2D eigenvalue weighted by Gasteiger charge is -2.07. The third kappa shape index (κ3) is 5.66. The van der Waals surface area contributed by atoms with E-state index in [0.717, 1.165) is 24.6 Å². The molecule has 0 saturated heterocycles. The van der Waals surface area contributed by atoms with Crippen LogP contribution in [0.3, 0.4) is 0 Å². The molecule has 114 valence electrons. The third-order valence-corrected chi connectivity index (χ3v) is 3.05. The van der Waals surface area contributed by atoms with Crippen molar-refractivity contribution in [2.24, 2.45) is 0 Å². The van der Waals surface area contributed by atoms with E-state index in [0.29, 0.717) is 6.61 Å². The van der Waals surface area contributed by atoms with Crippen molar-refractivity contribution in [1.29, 1.82) is 0 Å². The van der Waals surface area contributed by atoms with E-state index in [9.17, 15) is 0 Å². The van der Waals surface area contributed by atoms with E-state index in [2.05, 4.69) is 29.6 Å². The summed E-state index contributed by atoms with van der Waals surface area (Å²) in [5.41, 5.74) is 2.50. The first-order valence-electron chi connectivity index (χ1n) is 6.87. The summed E-state index contributed by atoms with van der Waals surface area (Å²) < 4.78 is 10.6. The van der Waals surface area contributed by atoms with E-state index < -0.39 is 0 Å². The highest BCUT2D eigenvalue weighted by Gasteiger charge is 1.97. The average molecular weight is 308 g/mol. The van der Waals surface area contributed by atoms with E-state index in [1.807, 2.05) is 31.2 Å². The number of rotatable bonds is 7. The Kier molecular flexibility index (Phi) is 7.65. The van der Waals surface area contributed by atoms with Gasteiger partial charge < -0.3 is 14.8 Å². The molecule has 21 heavy (non-hydrogen) atoms. The van der Waals surface area contributed by atoms with Crippen LogP contribution in [0.1, 0.15) is 18.1 Å². The molecular formula is C17H22ClNO2. The van der Waals surface area contributed by atoms with Gasteiger partial charge in [-0.25, -0.2) is 0 Å². The summed E-state index contributed by atoms with van der Waals surface area (Å²) in [4.78, 5) is 0. The summed E-state index contributed by atoms with van der Waals surface area (Å²) in [6.45, 7) is 4.38. The number of benzene rings is 2. The number of hydrogen-bond acceptors (Lipinski definition) is 3. The maximum Gasteiger partial charge on any atom is 0.119 e. The smallest absolute Gasteiger partial charge is 0.119 e. The molecule has 2 rings (SSSR count). The Morgan fingerprint density at radius 2 is 1.29 bits per heavy atom. The van der Waals surface area contributed by atoms with Crippen molar-refractivity contribution < 1.29 is 9.47 Å². The molecule has 3 nitrogen and oxygen atoms in total. The topological polar surface area (TPSA) is 30.5 Å². The molecule has 0 saturated carbocycles. The molecule has 0 amide bonds. The molecule has 2 aromatic rings. The number of hydrogen-bond donors (Lipinski definition) is 1. The molecule has 0 spiro atoms. The van der Waals surface area contributed by atoms with E-state index in [1.54, 1.807) is 7.11 Å². The van der Waals surface area contributed by atoms with Gasteiger partial charge in [-0.05, 0) is 42.3 Å². The molecular weight excluding hydrogens is 286 g/mol. The van der Waals surface area contributed by atoms with Crippen molar-refractivity contribution in [3.8, 4) is 11.5 Å². The van der Waals surface area contributed by atoms with E-state index >= 15 is 0 Å². The van der Waals surface area contributed by atoms with Crippen LogP contribution in [0.2, 0.25) is 0 Å². The first-order valence-corrected chi connectivity index (χ1v) is 6.87. The summed E-state index contributed by atoms with van der Waals surface area (Å²) in [5.74, 6) is 1.81. The van der Waals surface area contributed by atoms with Gasteiger partial charge in [-0.15, -0.1) is 12.4 Å². The van der Waals surface area contributed by atoms with Gasteiger partial charge in [0.2, 0.25) is 0 Å². The van der Waals surface area contributed by atoms with Crippen LogP contribution >= 0.6 is 12.4 Å². The number of methoxy groups -OCH3 is 1. The minimum atomic E-state index is 0. The molecule has 4 heteroatoms. The molecule has 0 fully saturated rings. The summed E-state index contributed by atoms with van der Waals surface area (Å²) in [6, 6.07) is 16.3. The zero-order valence-electron chi connectivity index (χ0n) is 12.5. The van der Waals surface area contributed by atoms with Gasteiger partial charge in [-0.1, -0.05) is 24.3 Å². The van der Waals surface area contributed by atoms with Crippen LogP contribution in [0.5, 0.6) is 11.5 Å². The summed E-state index contributed by atoms with van der Waals surface area (Å²) >= 11 is 0. The van der Waals surface area contributed by atoms with Crippen LogP contribution in [0, 0.1) is 0 Å². The van der Waals surface area contributed by atoms with E-state index in [-0.39, 0.29) is 12.4 Å². The molecule has 2 aromatic carbocycles. The van der Waals surface area contributed by atoms with Gasteiger partial charge in [0.05, 0.1) is 13.7 Å². The highest BCUT2D eigenvalue weighted by Crippen LogP contribution is 2.13. The second-order valence-electron chi connectivity index (χ2n) is 4.53. The Bertz CT molecular complexity index is 511. The lowest BCUT2D eigenvalue weighted by atomic mass is 10.2. The minimum absolute atomic E-state index is 0.